The van der Waals surface area contributed by atoms with Gasteiger partial charge in [0.15, 0.2) is 0 Å². The van der Waals surface area contributed by atoms with E-state index in [1.165, 1.54) is 32.1 Å². The monoisotopic (exact) mass is 595 g/mol. The fourth-order valence-electron chi connectivity index (χ4n) is 6.65. The predicted molar refractivity (Wildman–Crippen MR) is 158 cm³/mol. The molecule has 0 saturated heterocycles. The molecular weight excluding hydrogens is 550 g/mol. The van der Waals surface area contributed by atoms with E-state index in [4.69, 9.17) is 9.47 Å². The van der Waals surface area contributed by atoms with Gasteiger partial charge < -0.3 is 25.2 Å². The summed E-state index contributed by atoms with van der Waals surface area (Å²) in [5.41, 5.74) is 1.07. The summed E-state index contributed by atoms with van der Waals surface area (Å²) in [7, 11) is 0. The number of ether oxygens (including phenoxy) is 2. The van der Waals surface area contributed by atoms with Gasteiger partial charge in [0, 0.05) is 6.61 Å². The molecule has 2 amide bonds. The van der Waals surface area contributed by atoms with Gasteiger partial charge in [-0.2, -0.15) is 4.98 Å². The third-order valence-corrected chi connectivity index (χ3v) is 9.01. The fraction of sp³-hybridized carbons (Fsp3) is 0.656. The lowest BCUT2D eigenvalue weighted by Gasteiger charge is -2.33. The molecule has 0 aliphatic heterocycles. The van der Waals surface area contributed by atoms with Crippen molar-refractivity contribution in [2.45, 2.75) is 121 Å². The van der Waals surface area contributed by atoms with Crippen molar-refractivity contribution in [3.8, 4) is 0 Å². The minimum atomic E-state index is -1.36. The average molecular weight is 596 g/mol. The van der Waals surface area contributed by atoms with E-state index in [0.29, 0.717) is 19.1 Å². The van der Waals surface area contributed by atoms with E-state index in [2.05, 4.69) is 20.7 Å². The van der Waals surface area contributed by atoms with Crippen LogP contribution in [0, 0.1) is 5.92 Å². The van der Waals surface area contributed by atoms with Crippen LogP contribution < -0.4 is 10.6 Å². The topological polar surface area (TPSA) is 145 Å². The van der Waals surface area contributed by atoms with E-state index < -0.39 is 17.7 Å². The van der Waals surface area contributed by atoms with Crippen molar-refractivity contribution in [1.29, 1.82) is 0 Å². The quantitative estimate of drug-likeness (QED) is 0.330. The number of aromatic nitrogens is 3. The molecule has 0 spiro atoms. The summed E-state index contributed by atoms with van der Waals surface area (Å²) in [6, 6.07) is 9.51. The highest BCUT2D eigenvalue weighted by molar-refractivity contribution is 5.93. The molecule has 3 saturated carbocycles. The summed E-state index contributed by atoms with van der Waals surface area (Å²) < 4.78 is 13.6. The van der Waals surface area contributed by atoms with Crippen molar-refractivity contribution >= 4 is 17.8 Å². The Labute approximate surface area is 253 Å². The minimum Gasteiger partial charge on any atom is -0.475 e. The summed E-state index contributed by atoms with van der Waals surface area (Å²) in [6.45, 7) is 0.838. The van der Waals surface area contributed by atoms with E-state index >= 15 is 0 Å². The number of carbonyl (C=O) groups excluding carboxylic acids is 2. The third kappa shape index (κ3) is 8.86. The lowest BCUT2D eigenvalue weighted by molar-refractivity contribution is -0.124. The smallest absolute Gasteiger partial charge is 0.375 e. The highest BCUT2D eigenvalue weighted by Crippen LogP contribution is 2.27. The van der Waals surface area contributed by atoms with Crippen molar-refractivity contribution < 1.29 is 29.0 Å². The maximum absolute atomic E-state index is 13.4. The van der Waals surface area contributed by atoms with Crippen LogP contribution in [0.3, 0.4) is 0 Å². The first kappa shape index (κ1) is 31.1. The maximum atomic E-state index is 13.4. The first-order valence-corrected chi connectivity index (χ1v) is 16.0. The van der Waals surface area contributed by atoms with Crippen molar-refractivity contribution in [2.24, 2.45) is 5.92 Å². The Kier molecular flexibility index (Phi) is 11.2. The van der Waals surface area contributed by atoms with Crippen molar-refractivity contribution in [3.63, 3.8) is 0 Å². The number of nitrogens with zero attached hydrogens (tertiary/aromatic N) is 3. The number of amides is 2. The molecule has 3 fully saturated rings. The molecular formula is C32H45N5O6. The summed E-state index contributed by atoms with van der Waals surface area (Å²) >= 11 is 0. The molecule has 0 radical (unpaired) electrons. The van der Waals surface area contributed by atoms with E-state index in [1.807, 2.05) is 30.3 Å². The second-order valence-corrected chi connectivity index (χ2v) is 12.3. The molecule has 4 atom stereocenters. The van der Waals surface area contributed by atoms with Gasteiger partial charge in [-0.3, -0.25) is 9.59 Å². The normalized spacial score (nSPS) is 24.7. The molecule has 3 aliphatic rings. The van der Waals surface area contributed by atoms with Crippen LogP contribution in [0.2, 0.25) is 0 Å². The summed E-state index contributed by atoms with van der Waals surface area (Å²) in [4.78, 5) is 42.3. The van der Waals surface area contributed by atoms with Crippen LogP contribution in [0.4, 0.5) is 0 Å². The average Bonchev–Trinajstić information content (AvgIpc) is 3.45. The van der Waals surface area contributed by atoms with E-state index in [0.717, 1.165) is 61.6 Å². The van der Waals surface area contributed by atoms with Gasteiger partial charge in [0.1, 0.15) is 6.54 Å². The molecule has 0 unspecified atom stereocenters. The summed E-state index contributed by atoms with van der Waals surface area (Å²) in [6.07, 6.45) is 13.2. The highest BCUT2D eigenvalue weighted by atomic mass is 16.5. The molecule has 0 bridgehead atoms. The largest absolute Gasteiger partial charge is 0.475 e. The number of rotatable bonds is 12. The van der Waals surface area contributed by atoms with Gasteiger partial charge in [0.2, 0.25) is 11.7 Å². The van der Waals surface area contributed by atoms with Crippen LogP contribution >= 0.6 is 0 Å². The SMILES string of the molecule is O=C(Cn1nc(C(=O)O)nc1C(=O)N[C@H]1CCCC[C@@H]1OCC1CCCCC1)N[C@H]1CCCC[C@@H]1OCc1ccccc1. The molecule has 3 N–H and O–H groups in total. The third-order valence-electron chi connectivity index (χ3n) is 9.01. The van der Waals surface area contributed by atoms with Gasteiger partial charge in [-0.1, -0.05) is 75.3 Å². The summed E-state index contributed by atoms with van der Waals surface area (Å²) in [5.74, 6) is -2.42. The molecule has 1 heterocycles. The molecule has 5 rings (SSSR count). The van der Waals surface area contributed by atoms with Gasteiger partial charge in [-0.25, -0.2) is 9.48 Å². The lowest BCUT2D eigenvalue weighted by atomic mass is 9.89. The van der Waals surface area contributed by atoms with E-state index in [1.54, 1.807) is 0 Å². The van der Waals surface area contributed by atoms with Gasteiger partial charge in [-0.05, 0) is 50.0 Å². The Balaban J connectivity index is 1.20. The Morgan fingerprint density at radius 2 is 1.44 bits per heavy atom. The molecule has 1 aromatic carbocycles. The molecule has 11 nitrogen and oxygen atoms in total. The van der Waals surface area contributed by atoms with E-state index in [9.17, 15) is 19.5 Å². The number of hydrogen-bond acceptors (Lipinski definition) is 7. The Morgan fingerprint density at radius 1 is 0.814 bits per heavy atom. The van der Waals surface area contributed by atoms with Crippen LogP contribution in [0.5, 0.6) is 0 Å². The van der Waals surface area contributed by atoms with Gasteiger partial charge >= 0.3 is 5.97 Å². The highest BCUT2D eigenvalue weighted by Gasteiger charge is 2.32. The summed E-state index contributed by atoms with van der Waals surface area (Å²) in [5, 5.41) is 19.6. The Morgan fingerprint density at radius 3 is 2.14 bits per heavy atom. The number of hydrogen-bond donors (Lipinski definition) is 3. The van der Waals surface area contributed by atoms with Gasteiger partial charge in [0.05, 0.1) is 30.9 Å². The van der Waals surface area contributed by atoms with Crippen LogP contribution in [0.25, 0.3) is 0 Å². The van der Waals surface area contributed by atoms with E-state index in [-0.39, 0.29) is 42.6 Å². The molecule has 43 heavy (non-hydrogen) atoms. The number of carbonyl (C=O) groups is 3. The number of nitrogens with one attached hydrogen (secondary N) is 2. The predicted octanol–water partition coefficient (Wildman–Crippen LogP) is 4.26. The second kappa shape index (κ2) is 15.4. The second-order valence-electron chi connectivity index (χ2n) is 12.3. The van der Waals surface area contributed by atoms with Crippen LogP contribution in [0.1, 0.15) is 110 Å². The van der Waals surface area contributed by atoms with Crippen molar-refractivity contribution in [2.75, 3.05) is 6.61 Å². The molecule has 234 valence electrons. The zero-order chi connectivity index (χ0) is 30.0. The van der Waals surface area contributed by atoms with Gasteiger partial charge in [-0.15, -0.1) is 5.10 Å². The maximum Gasteiger partial charge on any atom is 0.375 e. The van der Waals surface area contributed by atoms with Crippen LogP contribution in [-0.2, 0) is 27.4 Å². The first-order valence-electron chi connectivity index (χ1n) is 16.0. The minimum absolute atomic E-state index is 0.0997. The zero-order valence-electron chi connectivity index (χ0n) is 24.9. The number of carboxylic acids is 1. The van der Waals surface area contributed by atoms with Crippen molar-refractivity contribution in [1.82, 2.24) is 25.4 Å². The number of carboxylic acid groups (broad SMARTS) is 1. The zero-order valence-corrected chi connectivity index (χ0v) is 24.9. The Hall–Kier alpha value is -3.31. The number of aromatic carboxylic acids is 1. The van der Waals surface area contributed by atoms with Gasteiger partial charge in [0.25, 0.3) is 11.7 Å². The lowest BCUT2D eigenvalue weighted by Crippen LogP contribution is -2.48. The Bertz CT molecular complexity index is 1210. The number of benzene rings is 1. The van der Waals surface area contributed by atoms with Crippen LogP contribution in [-0.4, -0.2) is 68.6 Å². The molecule has 3 aliphatic carbocycles. The fourth-order valence-corrected chi connectivity index (χ4v) is 6.65. The first-order chi connectivity index (χ1) is 21.0. The molecule has 2 aromatic rings. The molecule has 1 aromatic heterocycles. The van der Waals surface area contributed by atoms with Crippen molar-refractivity contribution in [3.05, 3.63) is 47.5 Å². The molecule has 11 heteroatoms. The van der Waals surface area contributed by atoms with Crippen LogP contribution in [0.15, 0.2) is 30.3 Å². The standard InChI is InChI=1S/C32H45N5O6/c38-28(33-24-15-7-9-17-26(24)42-20-22-11-3-1-4-12-22)19-37-30(35-29(36-37)32(40)41)31(39)34-25-16-8-10-18-27(25)43-21-23-13-5-2-6-14-23/h1,3-4,11-12,23-27H,2,5-10,13-21H2,(H,33,38)(H,34,39)(H,40,41)/t24-,25-,26-,27-/m0/s1.